The summed E-state index contributed by atoms with van der Waals surface area (Å²) in [6, 6.07) is 0. The Balaban J connectivity index is 1.46. The number of aliphatic hydroxyl groups is 1. The maximum Gasteiger partial charge on any atom is 0.137 e. The zero-order chi connectivity index (χ0) is 17.9. The molecule has 25 heavy (non-hydrogen) atoms. The van der Waals surface area contributed by atoms with Crippen LogP contribution >= 0.6 is 0 Å². The first-order valence-corrected chi connectivity index (χ1v) is 9.62. The van der Waals surface area contributed by atoms with Gasteiger partial charge in [0.15, 0.2) is 0 Å². The van der Waals surface area contributed by atoms with Crippen LogP contribution < -0.4 is 0 Å². The van der Waals surface area contributed by atoms with Gasteiger partial charge in [0.05, 0.1) is 13.2 Å². The van der Waals surface area contributed by atoms with E-state index in [0.717, 1.165) is 71.1 Å². The third-order valence-corrected chi connectivity index (χ3v) is 5.61. The smallest absolute Gasteiger partial charge is 0.137 e. The maximum atomic E-state index is 10.6. The van der Waals surface area contributed by atoms with E-state index in [1.54, 1.807) is 6.20 Å². The van der Waals surface area contributed by atoms with Gasteiger partial charge in [-0.1, -0.05) is 13.8 Å². The number of rotatable bonds is 6. The van der Waals surface area contributed by atoms with E-state index in [4.69, 9.17) is 4.74 Å². The Labute approximate surface area is 151 Å². The first-order valence-electron chi connectivity index (χ1n) is 9.62. The third kappa shape index (κ3) is 5.03. The standard InChI is InChI=1S/C19H34N4O2/c1-19(2,15-23-10-12-25-13-11-23)14-22-7-4-16(5-8-22)17(24)18-20-6-9-21(18)3/h6,9,16-17,24H,4-5,7-8,10-15H2,1-3H3. The number of aromatic nitrogens is 2. The second-order valence-corrected chi connectivity index (χ2v) is 8.51. The predicted octanol–water partition coefficient (Wildman–Crippen LogP) is 1.52. The van der Waals surface area contributed by atoms with Crippen molar-refractivity contribution < 1.29 is 9.84 Å². The lowest BCUT2D eigenvalue weighted by atomic mass is 9.87. The molecule has 2 aliphatic heterocycles. The van der Waals surface area contributed by atoms with Gasteiger partial charge in [0, 0.05) is 45.6 Å². The summed E-state index contributed by atoms with van der Waals surface area (Å²) in [4.78, 5) is 9.42. The van der Waals surface area contributed by atoms with Crippen LogP contribution in [0.3, 0.4) is 0 Å². The van der Waals surface area contributed by atoms with Gasteiger partial charge >= 0.3 is 0 Å². The summed E-state index contributed by atoms with van der Waals surface area (Å²) in [5.74, 6) is 1.12. The molecule has 2 aliphatic rings. The lowest BCUT2D eigenvalue weighted by Crippen LogP contribution is -2.47. The van der Waals surface area contributed by atoms with Crippen molar-refractivity contribution in [2.24, 2.45) is 18.4 Å². The molecule has 1 N–H and O–H groups in total. The Bertz CT molecular complexity index is 531. The highest BCUT2D eigenvalue weighted by Gasteiger charge is 2.31. The molecule has 1 aromatic rings. The number of imidazole rings is 1. The van der Waals surface area contributed by atoms with Crippen LogP contribution in [-0.2, 0) is 11.8 Å². The molecule has 3 rings (SSSR count). The Morgan fingerprint density at radius 2 is 1.76 bits per heavy atom. The van der Waals surface area contributed by atoms with Crippen LogP contribution in [0.2, 0.25) is 0 Å². The Morgan fingerprint density at radius 1 is 1.16 bits per heavy atom. The largest absolute Gasteiger partial charge is 0.385 e. The SMILES string of the molecule is Cn1ccnc1C(O)C1CCN(CC(C)(C)CN2CCOCC2)CC1. The number of hydrogen-bond acceptors (Lipinski definition) is 5. The van der Waals surface area contributed by atoms with Gasteiger partial charge in [0.1, 0.15) is 11.9 Å². The highest BCUT2D eigenvalue weighted by molar-refractivity contribution is 4.98. The number of aliphatic hydroxyl groups excluding tert-OH is 1. The van der Waals surface area contributed by atoms with Crippen molar-refractivity contribution in [3.63, 3.8) is 0 Å². The molecule has 2 fully saturated rings. The summed E-state index contributed by atoms with van der Waals surface area (Å²) in [5, 5.41) is 10.6. The second kappa shape index (κ2) is 8.16. The predicted molar refractivity (Wildman–Crippen MR) is 98.4 cm³/mol. The molecule has 0 radical (unpaired) electrons. The van der Waals surface area contributed by atoms with Crippen molar-refractivity contribution in [1.82, 2.24) is 19.4 Å². The van der Waals surface area contributed by atoms with E-state index in [1.807, 2.05) is 17.8 Å². The molecule has 142 valence electrons. The van der Waals surface area contributed by atoms with E-state index in [-0.39, 0.29) is 5.41 Å². The number of hydrogen-bond donors (Lipinski definition) is 1. The van der Waals surface area contributed by atoms with Gasteiger partial charge in [0.25, 0.3) is 0 Å². The molecule has 0 aromatic carbocycles. The van der Waals surface area contributed by atoms with Crippen molar-refractivity contribution in [2.75, 3.05) is 52.5 Å². The minimum Gasteiger partial charge on any atom is -0.385 e. The summed E-state index contributed by atoms with van der Waals surface area (Å²) < 4.78 is 7.39. The van der Waals surface area contributed by atoms with Crippen molar-refractivity contribution in [1.29, 1.82) is 0 Å². The summed E-state index contributed by atoms with van der Waals surface area (Å²) >= 11 is 0. The number of ether oxygens (including phenoxy) is 1. The van der Waals surface area contributed by atoms with Gasteiger partial charge in [-0.3, -0.25) is 4.90 Å². The summed E-state index contributed by atoms with van der Waals surface area (Å²) in [6.45, 7) is 13.0. The third-order valence-electron chi connectivity index (χ3n) is 5.61. The fraction of sp³-hybridized carbons (Fsp3) is 0.842. The maximum absolute atomic E-state index is 10.6. The highest BCUT2D eigenvalue weighted by Crippen LogP contribution is 2.31. The monoisotopic (exact) mass is 350 g/mol. The fourth-order valence-corrected chi connectivity index (χ4v) is 4.32. The van der Waals surface area contributed by atoms with E-state index in [2.05, 4.69) is 28.6 Å². The minimum absolute atomic E-state index is 0.280. The van der Waals surface area contributed by atoms with Crippen molar-refractivity contribution >= 4 is 0 Å². The number of morpholine rings is 1. The van der Waals surface area contributed by atoms with E-state index in [9.17, 15) is 5.11 Å². The summed E-state index contributed by atoms with van der Waals surface area (Å²) in [7, 11) is 1.95. The average molecular weight is 351 g/mol. The van der Waals surface area contributed by atoms with E-state index < -0.39 is 6.10 Å². The lowest BCUT2D eigenvalue weighted by molar-refractivity contribution is 0.00676. The normalized spacial score (nSPS) is 23.0. The van der Waals surface area contributed by atoms with E-state index >= 15 is 0 Å². The van der Waals surface area contributed by atoms with Crippen LogP contribution in [0.5, 0.6) is 0 Å². The van der Waals surface area contributed by atoms with Gasteiger partial charge < -0.3 is 19.3 Å². The molecule has 1 atom stereocenters. The fourth-order valence-electron chi connectivity index (χ4n) is 4.32. The van der Waals surface area contributed by atoms with Crippen LogP contribution in [0.15, 0.2) is 12.4 Å². The molecule has 0 bridgehead atoms. The van der Waals surface area contributed by atoms with Crippen molar-refractivity contribution in [3.05, 3.63) is 18.2 Å². The van der Waals surface area contributed by atoms with E-state index in [0.29, 0.717) is 5.92 Å². The van der Waals surface area contributed by atoms with Crippen LogP contribution in [0.4, 0.5) is 0 Å². The highest BCUT2D eigenvalue weighted by atomic mass is 16.5. The van der Waals surface area contributed by atoms with Crippen LogP contribution in [0, 0.1) is 11.3 Å². The molecule has 1 aromatic heterocycles. The van der Waals surface area contributed by atoms with Crippen molar-refractivity contribution in [3.8, 4) is 0 Å². The Morgan fingerprint density at radius 3 is 2.32 bits per heavy atom. The molecule has 1 unspecified atom stereocenters. The Hall–Kier alpha value is -0.950. The average Bonchev–Trinajstić information content (AvgIpc) is 3.01. The zero-order valence-electron chi connectivity index (χ0n) is 16.0. The molecule has 0 spiro atoms. The molecule has 3 heterocycles. The van der Waals surface area contributed by atoms with Crippen molar-refractivity contribution in [2.45, 2.75) is 32.8 Å². The molecule has 6 nitrogen and oxygen atoms in total. The second-order valence-electron chi connectivity index (χ2n) is 8.51. The number of likely N-dealkylation sites (tertiary alicyclic amines) is 1. The van der Waals surface area contributed by atoms with Gasteiger partial charge in [-0.25, -0.2) is 4.98 Å². The van der Waals surface area contributed by atoms with Gasteiger partial charge in [0.2, 0.25) is 0 Å². The van der Waals surface area contributed by atoms with Crippen LogP contribution in [0.1, 0.15) is 38.6 Å². The van der Waals surface area contributed by atoms with Gasteiger partial charge in [-0.15, -0.1) is 0 Å². The quantitative estimate of drug-likeness (QED) is 0.843. The lowest BCUT2D eigenvalue weighted by Gasteiger charge is -2.41. The first-order chi connectivity index (χ1) is 11.9. The molecular formula is C19H34N4O2. The number of nitrogens with zero attached hydrogens (tertiary/aromatic N) is 4. The topological polar surface area (TPSA) is 53.8 Å². The number of piperidine rings is 1. The van der Waals surface area contributed by atoms with Crippen LogP contribution in [0.25, 0.3) is 0 Å². The molecule has 0 aliphatic carbocycles. The van der Waals surface area contributed by atoms with Gasteiger partial charge in [-0.05, 0) is 37.3 Å². The van der Waals surface area contributed by atoms with E-state index in [1.165, 1.54) is 0 Å². The van der Waals surface area contributed by atoms with Gasteiger partial charge in [-0.2, -0.15) is 0 Å². The summed E-state index contributed by atoms with van der Waals surface area (Å²) in [5.41, 5.74) is 0.280. The molecule has 6 heteroatoms. The summed E-state index contributed by atoms with van der Waals surface area (Å²) in [6.07, 6.45) is 5.32. The molecule has 0 amide bonds. The molecular weight excluding hydrogens is 316 g/mol. The first kappa shape index (κ1) is 18.8. The zero-order valence-corrected chi connectivity index (χ0v) is 16.0. The number of aryl methyl sites for hydroxylation is 1. The van der Waals surface area contributed by atoms with Crippen LogP contribution in [-0.4, -0.2) is 76.9 Å². The molecule has 0 saturated carbocycles. The minimum atomic E-state index is -0.441. The molecule has 2 saturated heterocycles. The Kier molecular flexibility index (Phi) is 6.15.